The van der Waals surface area contributed by atoms with Crippen LogP contribution in [-0.2, 0) is 17.5 Å². The number of fused-ring (bicyclic) bond motifs is 10. The molecule has 2 aliphatic rings. The molecule has 0 aliphatic carbocycles. The van der Waals surface area contributed by atoms with Crippen molar-refractivity contribution in [1.29, 1.82) is 0 Å². The molecule has 9 nitrogen and oxygen atoms in total. The molecule has 4 aromatic rings. The Morgan fingerprint density at radius 2 is 1.64 bits per heavy atom. The van der Waals surface area contributed by atoms with Gasteiger partial charge < -0.3 is 0 Å². The van der Waals surface area contributed by atoms with Gasteiger partial charge in [0.2, 0.25) is 17.8 Å². The molecular weight excluding hydrogens is 435 g/mol. The van der Waals surface area contributed by atoms with Crippen molar-refractivity contribution in [2.45, 2.75) is 52.1 Å². The van der Waals surface area contributed by atoms with E-state index in [4.69, 9.17) is 0 Å². The molecule has 0 N–H and O–H groups in total. The SMILES string of the molecule is Cc1c[n+]2c(cn1)-c1nc(C(F)(F)F)nn1C21n2nc(C)nc2-c2cc(C(C)(C)C)cc[n+]21. The molecule has 0 bridgehead atoms. The Bertz CT molecular complexity index is 1480. The van der Waals surface area contributed by atoms with Crippen LogP contribution in [0.1, 0.15) is 43.7 Å². The molecule has 6 rings (SSSR count). The van der Waals surface area contributed by atoms with Crippen LogP contribution in [0.25, 0.3) is 23.0 Å². The molecule has 4 aromatic heterocycles. The molecular formula is C21H20F3N9+2. The zero-order valence-electron chi connectivity index (χ0n) is 18.5. The Morgan fingerprint density at radius 3 is 2.33 bits per heavy atom. The van der Waals surface area contributed by atoms with Gasteiger partial charge in [0.05, 0.1) is 0 Å². The van der Waals surface area contributed by atoms with E-state index in [0.29, 0.717) is 28.7 Å². The number of aromatic nitrogens is 9. The van der Waals surface area contributed by atoms with E-state index >= 15 is 0 Å². The summed E-state index contributed by atoms with van der Waals surface area (Å²) in [5.74, 6) is -1.58. The summed E-state index contributed by atoms with van der Waals surface area (Å²) in [5.41, 5.74) is 2.70. The van der Waals surface area contributed by atoms with Gasteiger partial charge in [-0.25, -0.2) is 9.97 Å². The van der Waals surface area contributed by atoms with Crippen LogP contribution in [0.2, 0.25) is 0 Å². The highest BCUT2D eigenvalue weighted by Gasteiger charge is 2.71. The van der Waals surface area contributed by atoms with Crippen LogP contribution >= 0.6 is 0 Å². The fourth-order valence-electron chi connectivity index (χ4n) is 4.54. The molecule has 1 spiro atoms. The van der Waals surface area contributed by atoms with Gasteiger partial charge >= 0.3 is 12.1 Å². The van der Waals surface area contributed by atoms with E-state index in [9.17, 15) is 13.2 Å². The Balaban J connectivity index is 1.77. The molecule has 0 fully saturated rings. The first-order chi connectivity index (χ1) is 15.4. The summed E-state index contributed by atoms with van der Waals surface area (Å²) in [7, 11) is 0. The first-order valence-corrected chi connectivity index (χ1v) is 10.4. The topological polar surface area (TPSA) is 82.1 Å². The van der Waals surface area contributed by atoms with Crippen molar-refractivity contribution < 1.29 is 22.3 Å². The molecule has 6 heterocycles. The van der Waals surface area contributed by atoms with Crippen molar-refractivity contribution in [3.05, 3.63) is 53.6 Å². The van der Waals surface area contributed by atoms with Crippen molar-refractivity contribution in [2.24, 2.45) is 0 Å². The molecule has 1 atom stereocenters. The number of aryl methyl sites for hydroxylation is 2. The normalized spacial score (nSPS) is 18.4. The number of alkyl halides is 3. The number of rotatable bonds is 0. The molecule has 0 saturated carbocycles. The third-order valence-corrected chi connectivity index (χ3v) is 6.03. The highest BCUT2D eigenvalue weighted by molar-refractivity contribution is 5.53. The summed E-state index contributed by atoms with van der Waals surface area (Å²) < 4.78 is 47.4. The van der Waals surface area contributed by atoms with E-state index < -0.39 is 17.9 Å². The van der Waals surface area contributed by atoms with E-state index in [2.05, 4.69) is 45.9 Å². The first-order valence-electron chi connectivity index (χ1n) is 10.4. The largest absolute Gasteiger partial charge is 0.586 e. The molecule has 0 saturated heterocycles. The molecule has 33 heavy (non-hydrogen) atoms. The summed E-state index contributed by atoms with van der Waals surface area (Å²) in [6.45, 7) is 9.85. The van der Waals surface area contributed by atoms with Crippen molar-refractivity contribution in [3.8, 4) is 23.0 Å². The lowest BCUT2D eigenvalue weighted by Gasteiger charge is -2.19. The highest BCUT2D eigenvalue weighted by Crippen LogP contribution is 2.38. The lowest BCUT2D eigenvalue weighted by molar-refractivity contribution is -0.991. The van der Waals surface area contributed by atoms with Gasteiger partial charge in [-0.2, -0.15) is 18.2 Å². The predicted octanol–water partition coefficient (Wildman–Crippen LogP) is 1.95. The van der Waals surface area contributed by atoms with E-state index in [0.717, 1.165) is 5.56 Å². The molecule has 0 radical (unpaired) electrons. The fraction of sp³-hybridized carbons (Fsp3) is 0.381. The minimum Gasteiger partial charge on any atom is -0.248 e. The fourth-order valence-corrected chi connectivity index (χ4v) is 4.54. The summed E-state index contributed by atoms with van der Waals surface area (Å²) in [6, 6.07) is 3.96. The van der Waals surface area contributed by atoms with Crippen LogP contribution < -0.4 is 9.13 Å². The van der Waals surface area contributed by atoms with Crippen LogP contribution in [-0.4, -0.2) is 34.5 Å². The summed E-state index contributed by atoms with van der Waals surface area (Å²) in [5, 5.41) is 8.55. The van der Waals surface area contributed by atoms with Crippen LogP contribution in [0.5, 0.6) is 0 Å². The van der Waals surface area contributed by atoms with Gasteiger partial charge in [-0.3, -0.25) is 0 Å². The Morgan fingerprint density at radius 1 is 0.939 bits per heavy atom. The monoisotopic (exact) mass is 455 g/mol. The van der Waals surface area contributed by atoms with Gasteiger partial charge in [-0.15, -0.1) is 10.2 Å². The number of pyridine rings is 1. The maximum atomic E-state index is 13.6. The van der Waals surface area contributed by atoms with E-state index in [1.165, 1.54) is 10.9 Å². The van der Waals surface area contributed by atoms with Crippen molar-refractivity contribution in [3.63, 3.8) is 0 Å². The molecule has 2 aliphatic heterocycles. The lowest BCUT2D eigenvalue weighted by Crippen LogP contribution is -2.77. The lowest BCUT2D eigenvalue weighted by atomic mass is 9.87. The van der Waals surface area contributed by atoms with Gasteiger partial charge in [0.25, 0.3) is 17.2 Å². The van der Waals surface area contributed by atoms with Crippen molar-refractivity contribution in [1.82, 2.24) is 34.5 Å². The molecule has 0 aromatic carbocycles. The first kappa shape index (κ1) is 19.9. The standard InChI is InChI=1S/C21H20F3N9/c1-11-10-31-15(9-25-11)17-27-18(20(22,23)24)29-33(17)21(31)30-7-6-13(19(3,4)5)8-14(30)16-26-12(2)28-32(16)21/h6-10H,1-5H3/q+2. The maximum Gasteiger partial charge on any atom is 0.586 e. The average molecular weight is 455 g/mol. The van der Waals surface area contributed by atoms with Gasteiger partial charge in [0.15, 0.2) is 6.20 Å². The summed E-state index contributed by atoms with van der Waals surface area (Å²) in [6.07, 6.45) is 0.415. The van der Waals surface area contributed by atoms with E-state index in [1.54, 1.807) is 22.4 Å². The summed E-state index contributed by atoms with van der Waals surface area (Å²) >= 11 is 0. The summed E-state index contributed by atoms with van der Waals surface area (Å²) in [4.78, 5) is 12.8. The third kappa shape index (κ3) is 2.40. The van der Waals surface area contributed by atoms with E-state index in [1.807, 2.05) is 29.8 Å². The Hall–Kier alpha value is -3.70. The second-order valence-corrected chi connectivity index (χ2v) is 9.37. The molecule has 1 unspecified atom stereocenters. The average Bonchev–Trinajstić information content (AvgIpc) is 3.42. The van der Waals surface area contributed by atoms with Crippen molar-refractivity contribution in [2.75, 3.05) is 0 Å². The smallest absolute Gasteiger partial charge is 0.248 e. The minimum atomic E-state index is -4.70. The van der Waals surface area contributed by atoms with Crippen LogP contribution in [0.4, 0.5) is 13.2 Å². The van der Waals surface area contributed by atoms with Crippen LogP contribution in [0.15, 0.2) is 30.7 Å². The highest BCUT2D eigenvalue weighted by atomic mass is 19.4. The van der Waals surface area contributed by atoms with Gasteiger partial charge in [0.1, 0.15) is 17.7 Å². The molecule has 12 heteroatoms. The minimum absolute atomic E-state index is 0.0502. The third-order valence-electron chi connectivity index (χ3n) is 6.03. The van der Waals surface area contributed by atoms with Gasteiger partial charge in [0, 0.05) is 12.1 Å². The zero-order valence-corrected chi connectivity index (χ0v) is 18.5. The number of halogens is 3. The quantitative estimate of drug-likeness (QED) is 0.327. The number of hydrogen-bond donors (Lipinski definition) is 0. The maximum absolute atomic E-state index is 13.6. The molecule has 168 valence electrons. The van der Waals surface area contributed by atoms with Crippen molar-refractivity contribution >= 4 is 0 Å². The Labute approximate surface area is 186 Å². The predicted molar refractivity (Wildman–Crippen MR) is 106 cm³/mol. The number of nitrogens with zero attached hydrogens (tertiary/aromatic N) is 9. The number of hydrogen-bond acceptors (Lipinski definition) is 5. The van der Waals surface area contributed by atoms with Crippen LogP contribution in [0.3, 0.4) is 0 Å². The second kappa shape index (κ2) is 5.80. The molecule has 0 amide bonds. The van der Waals surface area contributed by atoms with Gasteiger partial charge in [-0.1, -0.05) is 39.3 Å². The second-order valence-electron chi connectivity index (χ2n) is 9.37. The van der Waals surface area contributed by atoms with Gasteiger partial charge in [-0.05, 0) is 24.8 Å². The zero-order chi connectivity index (χ0) is 23.5. The van der Waals surface area contributed by atoms with Crippen LogP contribution in [0, 0.1) is 13.8 Å². The Kier molecular flexibility index (Phi) is 3.51. The van der Waals surface area contributed by atoms with E-state index in [-0.39, 0.29) is 11.2 Å².